The van der Waals surface area contributed by atoms with E-state index < -0.39 is 0 Å². The highest BCUT2D eigenvalue weighted by atomic mass is 15.3. The van der Waals surface area contributed by atoms with E-state index in [1.807, 2.05) is 16.9 Å². The molecule has 0 unspecified atom stereocenters. The van der Waals surface area contributed by atoms with Gasteiger partial charge in [0.2, 0.25) is 0 Å². The molecule has 0 saturated carbocycles. The summed E-state index contributed by atoms with van der Waals surface area (Å²) in [6.07, 6.45) is 7.84. The minimum Gasteiger partial charge on any atom is -0.361 e. The highest BCUT2D eigenvalue weighted by Gasteiger charge is 2.05. The molecular weight excluding hydrogens is 324 g/mol. The standard InChI is InChI=1S/C20H28N6/c1-3-21-20(22-10-5-13-26-14-6-11-25-26)23-12-9-17-15-24-19-16(2)7-4-8-18(17)19/h4,6-8,11,14-15,24H,3,5,9-10,12-13H2,1-2H3,(H2,21,22,23). The summed E-state index contributed by atoms with van der Waals surface area (Å²) < 4.78 is 1.94. The van der Waals surface area contributed by atoms with Crippen molar-refractivity contribution in [3.05, 3.63) is 54.0 Å². The number of hydrogen-bond acceptors (Lipinski definition) is 2. The quantitative estimate of drug-likeness (QED) is 0.332. The van der Waals surface area contributed by atoms with Crippen LogP contribution in [0.3, 0.4) is 0 Å². The summed E-state index contributed by atoms with van der Waals surface area (Å²) in [7, 11) is 0. The van der Waals surface area contributed by atoms with Crippen molar-refractivity contribution in [2.24, 2.45) is 4.99 Å². The smallest absolute Gasteiger partial charge is 0.191 e. The Morgan fingerprint density at radius 3 is 3.00 bits per heavy atom. The molecule has 3 rings (SSSR count). The third kappa shape index (κ3) is 4.65. The van der Waals surface area contributed by atoms with Gasteiger partial charge in [-0.25, -0.2) is 0 Å². The second-order valence-corrected chi connectivity index (χ2v) is 6.37. The first kappa shape index (κ1) is 18.0. The topological polar surface area (TPSA) is 70.0 Å². The molecule has 6 heteroatoms. The molecule has 0 atom stereocenters. The van der Waals surface area contributed by atoms with E-state index in [2.05, 4.69) is 64.0 Å². The lowest BCUT2D eigenvalue weighted by molar-refractivity contribution is 0.584. The molecule has 26 heavy (non-hydrogen) atoms. The number of aromatic nitrogens is 3. The fraction of sp³-hybridized carbons (Fsp3) is 0.400. The van der Waals surface area contributed by atoms with Crippen molar-refractivity contribution < 1.29 is 0 Å². The Kier molecular flexibility index (Phi) is 6.30. The van der Waals surface area contributed by atoms with Crippen LogP contribution in [0.5, 0.6) is 0 Å². The molecule has 0 fully saturated rings. The summed E-state index contributed by atoms with van der Waals surface area (Å²) in [6, 6.07) is 8.39. The van der Waals surface area contributed by atoms with E-state index in [1.165, 1.54) is 22.0 Å². The molecule has 0 radical (unpaired) electrons. The minimum atomic E-state index is 0.779. The zero-order chi connectivity index (χ0) is 18.2. The number of nitrogens with one attached hydrogen (secondary N) is 3. The van der Waals surface area contributed by atoms with Gasteiger partial charge in [-0.1, -0.05) is 18.2 Å². The van der Waals surface area contributed by atoms with E-state index in [9.17, 15) is 0 Å². The van der Waals surface area contributed by atoms with E-state index >= 15 is 0 Å². The molecule has 138 valence electrons. The molecule has 0 bridgehead atoms. The Morgan fingerprint density at radius 1 is 1.27 bits per heavy atom. The second kappa shape index (κ2) is 9.08. The van der Waals surface area contributed by atoms with Crippen LogP contribution in [-0.2, 0) is 13.0 Å². The molecule has 2 aromatic heterocycles. The normalized spacial score (nSPS) is 11.8. The van der Waals surface area contributed by atoms with E-state index in [0.717, 1.165) is 45.0 Å². The average molecular weight is 352 g/mol. The van der Waals surface area contributed by atoms with Crippen molar-refractivity contribution in [2.45, 2.75) is 33.2 Å². The fourth-order valence-electron chi connectivity index (χ4n) is 3.08. The van der Waals surface area contributed by atoms with Gasteiger partial charge in [0, 0.05) is 55.7 Å². The maximum Gasteiger partial charge on any atom is 0.191 e. The van der Waals surface area contributed by atoms with Crippen molar-refractivity contribution in [3.8, 4) is 0 Å². The second-order valence-electron chi connectivity index (χ2n) is 6.37. The van der Waals surface area contributed by atoms with Crippen molar-refractivity contribution in [3.63, 3.8) is 0 Å². The molecule has 0 aliphatic rings. The number of H-pyrrole nitrogens is 1. The summed E-state index contributed by atoms with van der Waals surface area (Å²) in [6.45, 7) is 7.61. The number of aliphatic imine (C=N–C) groups is 1. The maximum absolute atomic E-state index is 4.65. The van der Waals surface area contributed by atoms with Crippen LogP contribution in [0.15, 0.2) is 47.8 Å². The summed E-state index contributed by atoms with van der Waals surface area (Å²) in [5.74, 6) is 0.879. The first-order chi connectivity index (χ1) is 12.8. The van der Waals surface area contributed by atoms with Gasteiger partial charge >= 0.3 is 0 Å². The monoisotopic (exact) mass is 352 g/mol. The van der Waals surface area contributed by atoms with Gasteiger partial charge < -0.3 is 15.6 Å². The number of aryl methyl sites for hydroxylation is 2. The lowest BCUT2D eigenvalue weighted by Crippen LogP contribution is -2.38. The summed E-state index contributed by atoms with van der Waals surface area (Å²) in [5.41, 5.74) is 3.86. The third-order valence-electron chi connectivity index (χ3n) is 4.41. The van der Waals surface area contributed by atoms with Gasteiger partial charge in [-0.3, -0.25) is 9.67 Å². The zero-order valence-corrected chi connectivity index (χ0v) is 15.6. The van der Waals surface area contributed by atoms with Gasteiger partial charge in [0.1, 0.15) is 0 Å². The summed E-state index contributed by atoms with van der Waals surface area (Å²) in [4.78, 5) is 8.05. The molecule has 0 aliphatic heterocycles. The average Bonchev–Trinajstić information content (AvgIpc) is 3.29. The van der Waals surface area contributed by atoms with E-state index in [1.54, 1.807) is 6.20 Å². The Balaban J connectivity index is 1.49. The molecule has 0 spiro atoms. The molecule has 1 aromatic carbocycles. The van der Waals surface area contributed by atoms with Crippen LogP contribution in [-0.4, -0.2) is 40.4 Å². The Labute approximate surface area is 154 Å². The van der Waals surface area contributed by atoms with E-state index in [-0.39, 0.29) is 0 Å². The highest BCUT2D eigenvalue weighted by Crippen LogP contribution is 2.21. The number of guanidine groups is 1. The van der Waals surface area contributed by atoms with Gasteiger partial charge in [-0.05, 0) is 43.9 Å². The largest absolute Gasteiger partial charge is 0.361 e. The zero-order valence-electron chi connectivity index (χ0n) is 15.6. The van der Waals surface area contributed by atoms with Gasteiger partial charge in [-0.15, -0.1) is 0 Å². The van der Waals surface area contributed by atoms with Gasteiger partial charge in [0.25, 0.3) is 0 Å². The fourth-order valence-corrected chi connectivity index (χ4v) is 3.08. The number of fused-ring (bicyclic) bond motifs is 1. The number of aromatic amines is 1. The Hall–Kier alpha value is -2.76. The molecule has 0 saturated heterocycles. The number of para-hydroxylation sites is 1. The number of rotatable bonds is 8. The first-order valence-electron chi connectivity index (χ1n) is 9.33. The van der Waals surface area contributed by atoms with Crippen molar-refractivity contribution in [2.75, 3.05) is 19.6 Å². The van der Waals surface area contributed by atoms with Gasteiger partial charge in [-0.2, -0.15) is 5.10 Å². The SMILES string of the molecule is CCNC(=NCCCn1cccn1)NCCc1c[nH]c2c(C)cccc12. The molecule has 0 amide bonds. The van der Waals surface area contributed by atoms with Crippen LogP contribution in [0, 0.1) is 6.92 Å². The molecule has 2 heterocycles. The highest BCUT2D eigenvalue weighted by molar-refractivity contribution is 5.86. The number of nitrogens with zero attached hydrogens (tertiary/aromatic N) is 3. The first-order valence-corrected chi connectivity index (χ1v) is 9.33. The van der Waals surface area contributed by atoms with Crippen LogP contribution in [0.2, 0.25) is 0 Å². The van der Waals surface area contributed by atoms with Crippen LogP contribution in [0.25, 0.3) is 10.9 Å². The lowest BCUT2D eigenvalue weighted by atomic mass is 10.1. The van der Waals surface area contributed by atoms with Gasteiger partial charge in [0.15, 0.2) is 5.96 Å². The minimum absolute atomic E-state index is 0.779. The van der Waals surface area contributed by atoms with Crippen LogP contribution in [0.1, 0.15) is 24.5 Å². The molecule has 6 nitrogen and oxygen atoms in total. The third-order valence-corrected chi connectivity index (χ3v) is 4.41. The number of benzene rings is 1. The predicted octanol–water partition coefficient (Wildman–Crippen LogP) is 2.86. The summed E-state index contributed by atoms with van der Waals surface area (Å²) in [5, 5.41) is 12.3. The van der Waals surface area contributed by atoms with Gasteiger partial charge in [0.05, 0.1) is 0 Å². The summed E-state index contributed by atoms with van der Waals surface area (Å²) >= 11 is 0. The molecule has 3 aromatic rings. The number of hydrogen-bond donors (Lipinski definition) is 3. The Bertz CT molecular complexity index is 831. The van der Waals surface area contributed by atoms with Crippen LogP contribution in [0.4, 0.5) is 0 Å². The van der Waals surface area contributed by atoms with Crippen molar-refractivity contribution in [1.82, 2.24) is 25.4 Å². The Morgan fingerprint density at radius 2 is 2.19 bits per heavy atom. The molecule has 0 aliphatic carbocycles. The van der Waals surface area contributed by atoms with Crippen molar-refractivity contribution >= 4 is 16.9 Å². The van der Waals surface area contributed by atoms with E-state index in [0.29, 0.717) is 0 Å². The predicted molar refractivity (Wildman–Crippen MR) is 108 cm³/mol. The lowest BCUT2D eigenvalue weighted by Gasteiger charge is -2.11. The van der Waals surface area contributed by atoms with E-state index in [4.69, 9.17) is 0 Å². The van der Waals surface area contributed by atoms with Crippen LogP contribution >= 0.6 is 0 Å². The molecular formula is C20H28N6. The maximum atomic E-state index is 4.65. The van der Waals surface area contributed by atoms with Crippen molar-refractivity contribution in [1.29, 1.82) is 0 Å². The molecule has 3 N–H and O–H groups in total. The van der Waals surface area contributed by atoms with Crippen LogP contribution < -0.4 is 10.6 Å².